The van der Waals surface area contributed by atoms with Gasteiger partial charge in [0.1, 0.15) is 5.75 Å². The second-order valence-corrected chi connectivity index (χ2v) is 4.78. The van der Waals surface area contributed by atoms with Crippen LogP contribution in [0.2, 0.25) is 0 Å². The molecule has 0 saturated heterocycles. The summed E-state index contributed by atoms with van der Waals surface area (Å²) in [6.07, 6.45) is 0.495. The number of carboxylic acids is 1. The van der Waals surface area contributed by atoms with Crippen molar-refractivity contribution in [2.45, 2.75) is 13.3 Å². The molecule has 0 bridgehead atoms. The van der Waals surface area contributed by atoms with Crippen LogP contribution in [0.15, 0.2) is 36.4 Å². The number of ether oxygens (including phenoxy) is 1. The summed E-state index contributed by atoms with van der Waals surface area (Å²) in [7, 11) is 1.59. The Bertz CT molecular complexity index is 662. The lowest BCUT2D eigenvalue weighted by Crippen LogP contribution is -2.01. The quantitative estimate of drug-likeness (QED) is 0.887. The van der Waals surface area contributed by atoms with Gasteiger partial charge in [-0.3, -0.25) is 0 Å². The van der Waals surface area contributed by atoms with Gasteiger partial charge in [0.15, 0.2) is 0 Å². The van der Waals surface area contributed by atoms with Crippen LogP contribution in [0.4, 0.5) is 0 Å². The number of benzene rings is 2. The Labute approximate surface area is 123 Å². The molecule has 0 saturated carbocycles. The number of aliphatic hydroxyl groups excluding tert-OH is 1. The first-order valence-electron chi connectivity index (χ1n) is 6.69. The monoisotopic (exact) mass is 286 g/mol. The van der Waals surface area contributed by atoms with Crippen LogP contribution in [0.5, 0.6) is 5.75 Å². The predicted molar refractivity (Wildman–Crippen MR) is 80.9 cm³/mol. The number of rotatable bonds is 5. The molecular formula is C17H18O4. The smallest absolute Gasteiger partial charge is 0.335 e. The molecule has 0 aliphatic heterocycles. The number of aromatic carboxylic acids is 1. The summed E-state index contributed by atoms with van der Waals surface area (Å²) in [6.45, 7) is 1.84. The normalized spacial score (nSPS) is 10.4. The molecule has 2 rings (SSSR count). The van der Waals surface area contributed by atoms with Crippen molar-refractivity contribution in [1.29, 1.82) is 0 Å². The minimum Gasteiger partial charge on any atom is -0.496 e. The predicted octanol–water partition coefficient (Wildman–Crippen LogP) is 2.90. The maximum atomic E-state index is 11.2. The summed E-state index contributed by atoms with van der Waals surface area (Å²) in [5.41, 5.74) is 3.71. The lowest BCUT2D eigenvalue weighted by atomic mass is 9.94. The number of carboxylic acid groups (broad SMARTS) is 1. The van der Waals surface area contributed by atoms with Gasteiger partial charge in [-0.25, -0.2) is 4.79 Å². The van der Waals surface area contributed by atoms with Crippen LogP contribution in [0.25, 0.3) is 11.1 Å². The molecular weight excluding hydrogens is 268 g/mol. The molecule has 0 heterocycles. The first-order valence-corrected chi connectivity index (χ1v) is 6.69. The molecule has 4 nitrogen and oxygen atoms in total. The maximum absolute atomic E-state index is 11.2. The van der Waals surface area contributed by atoms with Gasteiger partial charge >= 0.3 is 5.97 Å². The summed E-state index contributed by atoms with van der Waals surface area (Å²) >= 11 is 0. The second-order valence-electron chi connectivity index (χ2n) is 4.78. The number of methoxy groups -OCH3 is 1. The standard InChI is InChI=1S/C17H18O4/c1-11-14(4-3-5-15(11)17(19)20)12-6-7-16(21-2)13(10-12)8-9-18/h3-7,10,18H,8-9H2,1-2H3,(H,19,20). The van der Waals surface area contributed by atoms with E-state index < -0.39 is 5.97 Å². The highest BCUT2D eigenvalue weighted by Crippen LogP contribution is 2.30. The van der Waals surface area contributed by atoms with Crippen molar-refractivity contribution in [3.63, 3.8) is 0 Å². The van der Waals surface area contributed by atoms with E-state index in [1.165, 1.54) is 0 Å². The SMILES string of the molecule is COc1ccc(-c2cccc(C(=O)O)c2C)cc1CCO. The molecule has 0 aromatic heterocycles. The lowest BCUT2D eigenvalue weighted by molar-refractivity contribution is 0.0696. The Kier molecular flexibility index (Phi) is 4.60. The van der Waals surface area contributed by atoms with E-state index in [-0.39, 0.29) is 6.61 Å². The van der Waals surface area contributed by atoms with Gasteiger partial charge in [-0.15, -0.1) is 0 Å². The van der Waals surface area contributed by atoms with Gasteiger partial charge in [-0.05, 0) is 53.8 Å². The minimum absolute atomic E-state index is 0.0357. The molecule has 0 spiro atoms. The number of hydrogen-bond donors (Lipinski definition) is 2. The first kappa shape index (κ1) is 15.1. The van der Waals surface area contributed by atoms with Gasteiger partial charge < -0.3 is 14.9 Å². The van der Waals surface area contributed by atoms with Crippen LogP contribution in [0, 0.1) is 6.92 Å². The van der Waals surface area contributed by atoms with E-state index in [1.54, 1.807) is 26.2 Å². The summed E-state index contributed by atoms with van der Waals surface area (Å²) in [4.78, 5) is 11.2. The Balaban J connectivity index is 2.54. The zero-order chi connectivity index (χ0) is 15.4. The zero-order valence-electron chi connectivity index (χ0n) is 12.1. The molecule has 0 atom stereocenters. The van der Waals surface area contributed by atoms with Gasteiger partial charge in [0, 0.05) is 6.61 Å². The van der Waals surface area contributed by atoms with Gasteiger partial charge in [-0.1, -0.05) is 18.2 Å². The molecule has 0 aliphatic rings. The van der Waals surface area contributed by atoms with Crippen LogP contribution in [0.3, 0.4) is 0 Å². The summed E-state index contributed by atoms with van der Waals surface area (Å²) in [6, 6.07) is 10.9. The lowest BCUT2D eigenvalue weighted by Gasteiger charge is -2.13. The van der Waals surface area contributed by atoms with Crippen LogP contribution in [-0.4, -0.2) is 29.9 Å². The third-order valence-electron chi connectivity index (χ3n) is 3.54. The molecule has 2 aromatic rings. The highest BCUT2D eigenvalue weighted by molar-refractivity contribution is 5.92. The highest BCUT2D eigenvalue weighted by Gasteiger charge is 2.12. The number of hydrogen-bond acceptors (Lipinski definition) is 3. The van der Waals surface area contributed by atoms with E-state index in [0.717, 1.165) is 28.0 Å². The molecule has 2 N–H and O–H groups in total. The van der Waals surface area contributed by atoms with Crippen molar-refractivity contribution in [3.8, 4) is 16.9 Å². The van der Waals surface area contributed by atoms with Crippen molar-refractivity contribution in [1.82, 2.24) is 0 Å². The maximum Gasteiger partial charge on any atom is 0.335 e. The third kappa shape index (κ3) is 3.06. The fourth-order valence-electron chi connectivity index (χ4n) is 2.44. The Morgan fingerprint density at radius 2 is 2.00 bits per heavy atom. The van der Waals surface area contributed by atoms with Gasteiger partial charge in [0.2, 0.25) is 0 Å². The van der Waals surface area contributed by atoms with Crippen LogP contribution >= 0.6 is 0 Å². The molecule has 21 heavy (non-hydrogen) atoms. The molecule has 2 aromatic carbocycles. The van der Waals surface area contributed by atoms with Crippen LogP contribution in [0.1, 0.15) is 21.5 Å². The van der Waals surface area contributed by atoms with Crippen molar-refractivity contribution in [2.75, 3.05) is 13.7 Å². The van der Waals surface area contributed by atoms with E-state index in [4.69, 9.17) is 9.84 Å². The fraction of sp³-hybridized carbons (Fsp3) is 0.235. The highest BCUT2D eigenvalue weighted by atomic mass is 16.5. The number of carbonyl (C=O) groups is 1. The van der Waals surface area contributed by atoms with Crippen molar-refractivity contribution < 1.29 is 19.7 Å². The average Bonchev–Trinajstić information content (AvgIpc) is 2.47. The molecule has 0 aliphatic carbocycles. The Hall–Kier alpha value is -2.33. The van der Waals surface area contributed by atoms with E-state index in [2.05, 4.69) is 0 Å². The van der Waals surface area contributed by atoms with Crippen molar-refractivity contribution in [2.24, 2.45) is 0 Å². The molecule has 0 unspecified atom stereocenters. The summed E-state index contributed by atoms with van der Waals surface area (Å²) in [5, 5.41) is 18.3. The van der Waals surface area contributed by atoms with Gasteiger partial charge in [0.05, 0.1) is 12.7 Å². The Morgan fingerprint density at radius 3 is 2.62 bits per heavy atom. The molecule has 0 amide bonds. The van der Waals surface area contributed by atoms with Gasteiger partial charge in [0.25, 0.3) is 0 Å². The van der Waals surface area contributed by atoms with Crippen LogP contribution in [-0.2, 0) is 6.42 Å². The van der Waals surface area contributed by atoms with E-state index >= 15 is 0 Å². The van der Waals surface area contributed by atoms with E-state index in [0.29, 0.717) is 12.0 Å². The van der Waals surface area contributed by atoms with E-state index in [1.807, 2.05) is 24.3 Å². The Morgan fingerprint density at radius 1 is 1.24 bits per heavy atom. The summed E-state index contributed by atoms with van der Waals surface area (Å²) < 4.78 is 5.28. The largest absolute Gasteiger partial charge is 0.496 e. The van der Waals surface area contributed by atoms with E-state index in [9.17, 15) is 9.90 Å². The number of aliphatic hydroxyl groups is 1. The molecule has 4 heteroatoms. The fourth-order valence-corrected chi connectivity index (χ4v) is 2.44. The van der Waals surface area contributed by atoms with Crippen molar-refractivity contribution >= 4 is 5.97 Å². The molecule has 0 radical (unpaired) electrons. The topological polar surface area (TPSA) is 66.8 Å². The van der Waals surface area contributed by atoms with Gasteiger partial charge in [-0.2, -0.15) is 0 Å². The zero-order valence-corrected chi connectivity index (χ0v) is 12.1. The second kappa shape index (κ2) is 6.41. The first-order chi connectivity index (χ1) is 10.1. The van der Waals surface area contributed by atoms with Crippen LogP contribution < -0.4 is 4.74 Å². The third-order valence-corrected chi connectivity index (χ3v) is 3.54. The van der Waals surface area contributed by atoms with Crippen molar-refractivity contribution in [3.05, 3.63) is 53.1 Å². The average molecular weight is 286 g/mol. The molecule has 110 valence electrons. The minimum atomic E-state index is -0.932. The summed E-state index contributed by atoms with van der Waals surface area (Å²) in [5.74, 6) is -0.210. The molecule has 0 fully saturated rings.